The molecule has 6 rings (SSSR count). The third-order valence-electron chi connectivity index (χ3n) is 8.73. The first-order valence-electron chi connectivity index (χ1n) is 14.8. The van der Waals surface area contributed by atoms with Crippen LogP contribution in [-0.2, 0) is 11.6 Å². The third kappa shape index (κ3) is 5.52. The van der Waals surface area contributed by atoms with Crippen molar-refractivity contribution in [3.8, 4) is 17.1 Å². The second-order valence-electron chi connectivity index (χ2n) is 12.8. The van der Waals surface area contributed by atoms with Crippen LogP contribution in [0.3, 0.4) is 0 Å². The molecule has 232 valence electrons. The van der Waals surface area contributed by atoms with Gasteiger partial charge in [-0.05, 0) is 74.2 Å². The first kappa shape index (κ1) is 30.3. The molecule has 3 heterocycles. The number of halogens is 4. The van der Waals surface area contributed by atoms with Crippen molar-refractivity contribution < 1.29 is 22.4 Å². The summed E-state index contributed by atoms with van der Waals surface area (Å²) in [4.78, 5) is 2.40. The molecular formula is C34H36ClF3N4O2. The molecule has 10 heteroatoms. The van der Waals surface area contributed by atoms with Crippen LogP contribution in [0, 0.1) is 5.41 Å². The van der Waals surface area contributed by atoms with Crippen LogP contribution in [0.2, 0.25) is 5.02 Å². The number of aromatic nitrogens is 1. The lowest BCUT2D eigenvalue weighted by molar-refractivity contribution is -0.137. The van der Waals surface area contributed by atoms with Gasteiger partial charge in [-0.25, -0.2) is 0 Å². The summed E-state index contributed by atoms with van der Waals surface area (Å²) in [5, 5.41) is 11.9. The lowest BCUT2D eigenvalue weighted by Gasteiger charge is -2.45. The lowest BCUT2D eigenvalue weighted by atomic mass is 9.66. The summed E-state index contributed by atoms with van der Waals surface area (Å²) in [6.07, 6.45) is -1.61. The molecule has 0 bridgehead atoms. The van der Waals surface area contributed by atoms with Gasteiger partial charge in [-0.15, -0.1) is 0 Å². The van der Waals surface area contributed by atoms with Crippen molar-refractivity contribution in [3.05, 3.63) is 82.9 Å². The highest BCUT2D eigenvalue weighted by Gasteiger charge is 2.55. The molecule has 2 aliphatic rings. The predicted octanol–water partition coefficient (Wildman–Crippen LogP) is 9.34. The maximum Gasteiger partial charge on any atom is 0.416 e. The van der Waals surface area contributed by atoms with E-state index in [2.05, 4.69) is 47.5 Å². The van der Waals surface area contributed by atoms with Crippen LogP contribution in [0.15, 0.2) is 71.3 Å². The first-order chi connectivity index (χ1) is 20.9. The lowest BCUT2D eigenvalue weighted by Crippen LogP contribution is -2.50. The Morgan fingerprint density at radius 3 is 2.41 bits per heavy atom. The van der Waals surface area contributed by atoms with Gasteiger partial charge in [-0.1, -0.05) is 61.8 Å². The maximum atomic E-state index is 13.1. The second-order valence-corrected chi connectivity index (χ2v) is 13.2. The number of benzene rings is 3. The van der Waals surface area contributed by atoms with E-state index in [9.17, 15) is 13.2 Å². The molecule has 3 aromatic carbocycles. The van der Waals surface area contributed by atoms with Crippen LogP contribution >= 0.6 is 11.6 Å². The molecule has 1 saturated heterocycles. The number of nitrogens with zero attached hydrogens (tertiary/aromatic N) is 2. The van der Waals surface area contributed by atoms with Crippen molar-refractivity contribution in [1.29, 1.82) is 0 Å². The predicted molar refractivity (Wildman–Crippen MR) is 168 cm³/mol. The van der Waals surface area contributed by atoms with Gasteiger partial charge in [0.1, 0.15) is 5.75 Å². The van der Waals surface area contributed by atoms with E-state index in [-0.39, 0.29) is 16.9 Å². The molecule has 1 unspecified atom stereocenters. The quantitative estimate of drug-likeness (QED) is 0.223. The summed E-state index contributed by atoms with van der Waals surface area (Å²) in [7, 11) is 1.69. The Morgan fingerprint density at radius 2 is 1.75 bits per heavy atom. The van der Waals surface area contributed by atoms with Gasteiger partial charge in [-0.2, -0.15) is 13.2 Å². The van der Waals surface area contributed by atoms with Gasteiger partial charge in [0.25, 0.3) is 0 Å². The number of ether oxygens (including phenoxy) is 1. The van der Waals surface area contributed by atoms with Crippen LogP contribution < -0.4 is 20.3 Å². The summed E-state index contributed by atoms with van der Waals surface area (Å²) in [6.45, 7) is 8.60. The van der Waals surface area contributed by atoms with E-state index in [4.69, 9.17) is 20.9 Å². The highest BCUT2D eigenvalue weighted by atomic mass is 35.5. The maximum absolute atomic E-state index is 13.1. The molecule has 0 saturated carbocycles. The van der Waals surface area contributed by atoms with E-state index in [0.29, 0.717) is 17.1 Å². The Morgan fingerprint density at radius 1 is 1.05 bits per heavy atom. The number of fused-ring (bicyclic) bond motifs is 2. The molecule has 1 aromatic heterocycles. The minimum atomic E-state index is -4.41. The monoisotopic (exact) mass is 624 g/mol. The van der Waals surface area contributed by atoms with E-state index in [1.807, 2.05) is 30.3 Å². The van der Waals surface area contributed by atoms with Gasteiger partial charge in [0.15, 0.2) is 11.6 Å². The van der Waals surface area contributed by atoms with E-state index >= 15 is 0 Å². The van der Waals surface area contributed by atoms with Crippen molar-refractivity contribution >= 4 is 34.5 Å². The molecule has 0 aliphatic carbocycles. The Labute approximate surface area is 260 Å². The van der Waals surface area contributed by atoms with Gasteiger partial charge < -0.3 is 24.8 Å². The van der Waals surface area contributed by atoms with E-state index in [1.54, 1.807) is 13.2 Å². The standard InChI is InChI=1S/C34H36ClF3N4O2/c1-32(2,3)20-28-33(15-17-39-18-16-33)30-23(35)13-14-26(43-4)31(30)42(28)25-8-6-5-7-24(25)40-29-19-27(44-41-29)21-9-11-22(12-10-21)34(36,37)38/h5-14,19,28,39H,15-18,20H2,1-4H3,(H,40,41). The molecule has 0 radical (unpaired) electrons. The molecule has 1 fully saturated rings. The summed E-state index contributed by atoms with van der Waals surface area (Å²) in [5.41, 5.74) is 3.48. The average Bonchev–Trinajstić information content (AvgIpc) is 3.55. The molecule has 1 spiro atoms. The fourth-order valence-electron chi connectivity index (χ4n) is 6.83. The first-order valence-corrected chi connectivity index (χ1v) is 15.2. The number of para-hydroxylation sites is 2. The van der Waals surface area contributed by atoms with Crippen LogP contribution in [0.1, 0.15) is 51.2 Å². The highest BCUT2D eigenvalue weighted by Crippen LogP contribution is 2.61. The SMILES string of the molecule is COc1ccc(Cl)c2c1N(c1ccccc1Nc1cc(-c3ccc(C(F)(F)F)cc3)on1)C(CC(C)(C)C)C21CCNCC1. The normalized spacial score (nSPS) is 18.0. The zero-order valence-electron chi connectivity index (χ0n) is 25.2. The van der Waals surface area contributed by atoms with E-state index < -0.39 is 11.7 Å². The molecule has 6 nitrogen and oxygen atoms in total. The number of hydrogen-bond donors (Lipinski definition) is 2. The molecule has 44 heavy (non-hydrogen) atoms. The van der Waals surface area contributed by atoms with Gasteiger partial charge in [0.2, 0.25) is 0 Å². The van der Waals surface area contributed by atoms with Gasteiger partial charge >= 0.3 is 6.18 Å². The molecule has 0 amide bonds. The van der Waals surface area contributed by atoms with Crippen LogP contribution in [0.25, 0.3) is 11.3 Å². The Bertz CT molecular complexity index is 1640. The van der Waals surface area contributed by atoms with Gasteiger partial charge in [-0.3, -0.25) is 0 Å². The number of anilines is 4. The smallest absolute Gasteiger partial charge is 0.416 e. The van der Waals surface area contributed by atoms with Crippen molar-refractivity contribution in [2.75, 3.05) is 30.4 Å². The number of rotatable bonds is 6. The van der Waals surface area contributed by atoms with E-state index in [1.165, 1.54) is 12.1 Å². The van der Waals surface area contributed by atoms with Gasteiger partial charge in [0.05, 0.1) is 29.7 Å². The number of nitrogens with one attached hydrogen (secondary N) is 2. The van der Waals surface area contributed by atoms with Crippen molar-refractivity contribution in [2.24, 2.45) is 5.41 Å². The Hall–Kier alpha value is -3.69. The Balaban J connectivity index is 1.43. The zero-order valence-corrected chi connectivity index (χ0v) is 25.9. The topological polar surface area (TPSA) is 62.6 Å². The Kier molecular flexibility index (Phi) is 7.82. The molecular weight excluding hydrogens is 589 g/mol. The van der Waals surface area contributed by atoms with Crippen molar-refractivity contribution in [2.45, 2.75) is 57.7 Å². The fourth-order valence-corrected chi connectivity index (χ4v) is 7.17. The second kappa shape index (κ2) is 11.3. The summed E-state index contributed by atoms with van der Waals surface area (Å²) in [5.74, 6) is 1.56. The molecule has 2 aliphatic heterocycles. The summed E-state index contributed by atoms with van der Waals surface area (Å²) < 4.78 is 50.7. The number of methoxy groups -OCH3 is 1. The zero-order chi connectivity index (χ0) is 31.3. The van der Waals surface area contributed by atoms with Crippen molar-refractivity contribution in [1.82, 2.24) is 10.5 Å². The van der Waals surface area contributed by atoms with Crippen LogP contribution in [0.5, 0.6) is 5.75 Å². The minimum absolute atomic E-state index is 0.0214. The van der Waals surface area contributed by atoms with Gasteiger partial charge in [0, 0.05) is 33.7 Å². The van der Waals surface area contributed by atoms with E-state index in [0.717, 1.165) is 77.9 Å². The molecule has 2 N–H and O–H groups in total. The van der Waals surface area contributed by atoms with Crippen LogP contribution in [-0.4, -0.2) is 31.4 Å². The number of hydrogen-bond acceptors (Lipinski definition) is 6. The fraction of sp³-hybridized carbons (Fsp3) is 0.382. The molecule has 1 atom stereocenters. The minimum Gasteiger partial charge on any atom is -0.495 e. The van der Waals surface area contributed by atoms with Crippen molar-refractivity contribution in [3.63, 3.8) is 0 Å². The third-order valence-corrected chi connectivity index (χ3v) is 9.05. The summed E-state index contributed by atoms with van der Waals surface area (Å²) in [6, 6.07) is 18.5. The highest BCUT2D eigenvalue weighted by molar-refractivity contribution is 6.32. The number of alkyl halides is 3. The van der Waals surface area contributed by atoms with Crippen LogP contribution in [0.4, 0.5) is 36.1 Å². The summed E-state index contributed by atoms with van der Waals surface area (Å²) >= 11 is 7.07. The number of piperidine rings is 1. The average molecular weight is 625 g/mol. The largest absolute Gasteiger partial charge is 0.495 e. The molecule has 4 aromatic rings.